The van der Waals surface area contributed by atoms with Gasteiger partial charge in [0.05, 0.1) is 19.5 Å². The summed E-state index contributed by atoms with van der Waals surface area (Å²) in [4.78, 5) is 98.0. The standard InChI is InChI=1S/C26H42N7O18P3S/c1-14(34)4-5-17(36)55-9-8-28-16(35)6-7-29-24(39)21(38)26(2,3)11-48-54(45,46)51-53(43,44)47-10-15-20(50-52(40,41)42)19(37)25(49-15)33-13-32-18-22(27)30-12-31-23(18)33/h12-13,15,19-21,25,37-38H,4-11H2,1-3H3,(H,28,35)(H,29,39)(H,43,44)(H,45,46)(H2,27,30,31)(H2,40,41,42)/t15-,19-,20-,21?,25-/m1/s1. The molecule has 1 aliphatic rings. The maximum absolute atomic E-state index is 12.7. The molecule has 0 radical (unpaired) electrons. The van der Waals surface area contributed by atoms with E-state index in [-0.39, 0.29) is 66.0 Å². The first kappa shape index (κ1) is 46.6. The van der Waals surface area contributed by atoms with Gasteiger partial charge < -0.3 is 55.7 Å². The van der Waals surface area contributed by atoms with E-state index in [2.05, 4.69) is 34.4 Å². The lowest BCUT2D eigenvalue weighted by atomic mass is 9.87. The van der Waals surface area contributed by atoms with Gasteiger partial charge in [0, 0.05) is 43.5 Å². The van der Waals surface area contributed by atoms with Crippen molar-refractivity contribution in [3.8, 4) is 0 Å². The van der Waals surface area contributed by atoms with E-state index in [0.29, 0.717) is 0 Å². The number of phosphoric ester groups is 3. The van der Waals surface area contributed by atoms with Crippen molar-refractivity contribution in [3.05, 3.63) is 12.7 Å². The second-order valence-electron chi connectivity index (χ2n) is 12.5. The predicted molar refractivity (Wildman–Crippen MR) is 187 cm³/mol. The van der Waals surface area contributed by atoms with Crippen molar-refractivity contribution in [2.45, 2.75) is 70.7 Å². The summed E-state index contributed by atoms with van der Waals surface area (Å²) in [5.74, 6) is -1.37. The zero-order valence-corrected chi connectivity index (χ0v) is 32.9. The molecule has 0 aliphatic carbocycles. The van der Waals surface area contributed by atoms with Crippen LogP contribution in [0.5, 0.6) is 0 Å². The van der Waals surface area contributed by atoms with E-state index in [9.17, 15) is 62.7 Å². The summed E-state index contributed by atoms with van der Waals surface area (Å²) < 4.78 is 62.0. The number of nitrogens with zero attached hydrogens (tertiary/aromatic N) is 4. The molecule has 3 heterocycles. The fraction of sp³-hybridized carbons (Fsp3) is 0.654. The highest BCUT2D eigenvalue weighted by molar-refractivity contribution is 8.13. The van der Waals surface area contributed by atoms with E-state index in [0.717, 1.165) is 29.0 Å². The number of aliphatic hydroxyl groups excluding tert-OH is 2. The van der Waals surface area contributed by atoms with E-state index in [1.807, 2.05) is 0 Å². The van der Waals surface area contributed by atoms with E-state index in [1.165, 1.54) is 20.8 Å². The van der Waals surface area contributed by atoms with Crippen molar-refractivity contribution in [1.29, 1.82) is 0 Å². The van der Waals surface area contributed by atoms with Gasteiger partial charge in [-0.3, -0.25) is 32.5 Å². The minimum Gasteiger partial charge on any atom is -0.386 e. The Kier molecular flexibility index (Phi) is 16.6. The number of phosphoric acid groups is 3. The molecule has 1 saturated heterocycles. The number of aliphatic hydroxyl groups is 2. The molecule has 310 valence electrons. The summed E-state index contributed by atoms with van der Waals surface area (Å²) >= 11 is 0.960. The summed E-state index contributed by atoms with van der Waals surface area (Å²) in [7, 11) is -16.4. The lowest BCUT2D eigenvalue weighted by molar-refractivity contribution is -0.137. The van der Waals surface area contributed by atoms with Crippen molar-refractivity contribution in [3.63, 3.8) is 0 Å². The number of imidazole rings is 1. The zero-order chi connectivity index (χ0) is 41.4. The van der Waals surface area contributed by atoms with E-state index in [1.54, 1.807) is 0 Å². The number of carbonyl (C=O) groups is 4. The van der Waals surface area contributed by atoms with Crippen LogP contribution in [0.1, 0.15) is 46.3 Å². The van der Waals surface area contributed by atoms with Crippen LogP contribution in [-0.4, -0.2) is 128 Å². The molecule has 0 saturated carbocycles. The number of hydrogen-bond donors (Lipinski definition) is 9. The Labute approximate surface area is 316 Å². The topological polar surface area (TPSA) is 381 Å². The van der Waals surface area contributed by atoms with Crippen molar-refractivity contribution in [1.82, 2.24) is 30.2 Å². The zero-order valence-electron chi connectivity index (χ0n) is 29.4. The van der Waals surface area contributed by atoms with Crippen LogP contribution in [0.25, 0.3) is 11.2 Å². The summed E-state index contributed by atoms with van der Waals surface area (Å²) in [6.07, 6.45) is -6.77. The van der Waals surface area contributed by atoms with Gasteiger partial charge in [0.1, 0.15) is 42.0 Å². The highest BCUT2D eigenvalue weighted by Gasteiger charge is 2.50. The fourth-order valence-corrected chi connectivity index (χ4v) is 8.15. The largest absolute Gasteiger partial charge is 0.481 e. The molecule has 3 unspecified atom stereocenters. The van der Waals surface area contributed by atoms with Crippen LogP contribution in [0, 0.1) is 5.41 Å². The van der Waals surface area contributed by atoms with Crippen molar-refractivity contribution in [2.24, 2.45) is 5.41 Å². The Morgan fingerprint density at radius 3 is 2.35 bits per heavy atom. The molecule has 1 fully saturated rings. The van der Waals surface area contributed by atoms with Gasteiger partial charge in [-0.15, -0.1) is 0 Å². The molecule has 0 spiro atoms. The number of ether oxygens (including phenoxy) is 1. The number of carbonyl (C=O) groups excluding carboxylic acids is 4. The summed E-state index contributed by atoms with van der Waals surface area (Å²) in [5, 5.41) is 26.0. The molecule has 3 rings (SSSR count). The summed E-state index contributed by atoms with van der Waals surface area (Å²) in [6, 6.07) is 0. The van der Waals surface area contributed by atoms with E-state index in [4.69, 9.17) is 19.5 Å². The second-order valence-corrected chi connectivity index (χ2v) is 17.9. The molecule has 2 aromatic rings. The Morgan fingerprint density at radius 1 is 1.02 bits per heavy atom. The molecular weight excluding hydrogens is 823 g/mol. The molecule has 0 aromatic carbocycles. The van der Waals surface area contributed by atoms with Crippen molar-refractivity contribution in [2.75, 3.05) is 37.8 Å². The number of thioether (sulfide) groups is 1. The van der Waals surface area contributed by atoms with Gasteiger partial charge in [0.15, 0.2) is 22.8 Å². The number of anilines is 1. The molecule has 29 heteroatoms. The van der Waals surface area contributed by atoms with Crippen LogP contribution in [0.2, 0.25) is 0 Å². The molecule has 10 N–H and O–H groups in total. The van der Waals surface area contributed by atoms with Crippen LogP contribution in [-0.2, 0) is 55.5 Å². The van der Waals surface area contributed by atoms with Crippen LogP contribution in [0.4, 0.5) is 5.82 Å². The van der Waals surface area contributed by atoms with Gasteiger partial charge in [-0.05, 0) is 6.92 Å². The van der Waals surface area contributed by atoms with Crippen LogP contribution in [0.15, 0.2) is 12.7 Å². The number of ketones is 1. The minimum absolute atomic E-state index is 0.0248. The molecule has 1 aliphatic heterocycles. The predicted octanol–water partition coefficient (Wildman–Crippen LogP) is -0.966. The quantitative estimate of drug-likeness (QED) is 0.0508. The third-order valence-electron chi connectivity index (χ3n) is 7.45. The summed E-state index contributed by atoms with van der Waals surface area (Å²) in [5.41, 5.74) is 4.23. The minimum atomic E-state index is -5.58. The molecular formula is C26H42N7O18P3S. The molecule has 2 aromatic heterocycles. The average Bonchev–Trinajstić information content (AvgIpc) is 3.63. The van der Waals surface area contributed by atoms with Gasteiger partial charge in [0.25, 0.3) is 0 Å². The Morgan fingerprint density at radius 2 is 1.69 bits per heavy atom. The van der Waals surface area contributed by atoms with Crippen molar-refractivity contribution >= 4 is 74.9 Å². The lowest BCUT2D eigenvalue weighted by Crippen LogP contribution is -2.46. The number of Topliss-reactive ketones (excluding diaryl/α,β-unsaturated/α-hetero) is 1. The molecule has 0 bridgehead atoms. The van der Waals surface area contributed by atoms with Gasteiger partial charge in [-0.25, -0.2) is 28.6 Å². The molecule has 25 nitrogen and oxygen atoms in total. The monoisotopic (exact) mass is 865 g/mol. The maximum Gasteiger partial charge on any atom is 0.481 e. The lowest BCUT2D eigenvalue weighted by Gasteiger charge is -2.30. The number of amides is 2. The normalized spacial score (nSPS) is 21.8. The first-order chi connectivity index (χ1) is 25.4. The second kappa shape index (κ2) is 19.6. The fourth-order valence-electron chi connectivity index (χ4n) is 4.65. The number of fused-ring (bicyclic) bond motifs is 1. The highest BCUT2D eigenvalue weighted by Crippen LogP contribution is 2.61. The molecule has 7 atom stereocenters. The Balaban J connectivity index is 1.49. The smallest absolute Gasteiger partial charge is 0.386 e. The van der Waals surface area contributed by atoms with E-state index < -0.39 is 84.6 Å². The highest BCUT2D eigenvalue weighted by atomic mass is 32.2. The summed E-state index contributed by atoms with van der Waals surface area (Å²) in [6.45, 7) is 1.73. The first-order valence-corrected chi connectivity index (χ1v) is 21.5. The van der Waals surface area contributed by atoms with Crippen LogP contribution < -0.4 is 16.4 Å². The SMILES string of the molecule is CC(=O)CCC(=O)SCCNC(=O)CCNC(=O)C(O)C(C)(C)COP(=O)(O)OP(=O)(O)OC[C@H]1O[C@@H](n2cnc3c(N)ncnc32)[C@H](O)[C@@H]1OP(=O)(O)O. The van der Waals surface area contributed by atoms with Gasteiger partial charge in [0.2, 0.25) is 11.8 Å². The average molecular weight is 866 g/mol. The van der Waals surface area contributed by atoms with Gasteiger partial charge in [-0.2, -0.15) is 4.31 Å². The van der Waals surface area contributed by atoms with Crippen LogP contribution >= 0.6 is 35.2 Å². The molecule has 55 heavy (non-hydrogen) atoms. The third kappa shape index (κ3) is 14.6. The van der Waals surface area contributed by atoms with Gasteiger partial charge in [-0.1, -0.05) is 25.6 Å². The Hall–Kier alpha value is -2.77. The van der Waals surface area contributed by atoms with Crippen molar-refractivity contribution < 1.29 is 85.3 Å². The number of nitrogens with two attached hydrogens (primary N) is 1. The number of nitrogen functional groups attached to an aromatic ring is 1. The third-order valence-corrected chi connectivity index (χ3v) is 11.5. The van der Waals surface area contributed by atoms with Gasteiger partial charge >= 0.3 is 23.5 Å². The first-order valence-electron chi connectivity index (χ1n) is 16.0. The van der Waals surface area contributed by atoms with E-state index >= 15 is 0 Å². The maximum atomic E-state index is 12.7. The number of aromatic nitrogens is 4. The number of hydrogen-bond acceptors (Lipinski definition) is 19. The molecule has 2 amide bonds. The number of rotatable bonds is 22. The Bertz CT molecular complexity index is 1850. The van der Waals surface area contributed by atoms with Crippen LogP contribution in [0.3, 0.4) is 0 Å². The number of nitrogens with one attached hydrogen (secondary N) is 2.